The average Bonchev–Trinajstić information content (AvgIpc) is 2.52. The van der Waals surface area contributed by atoms with Gasteiger partial charge in [-0.25, -0.2) is 0 Å². The predicted octanol–water partition coefficient (Wildman–Crippen LogP) is 4.45. The summed E-state index contributed by atoms with van der Waals surface area (Å²) in [7, 11) is 0. The van der Waals surface area contributed by atoms with Gasteiger partial charge in [0.15, 0.2) is 0 Å². The van der Waals surface area contributed by atoms with Gasteiger partial charge in [-0.1, -0.05) is 50.0 Å². The zero-order valence-electron chi connectivity index (χ0n) is 12.5. The standard InChI is InChI=1S/C19H20OS/c1-15(2)18-8-10-19(11-9-18)21-14-17-6-3-5-16(13-17)7-4-12-20/h3,5-6,8-11,13,15,20H,12,14H2,1-2H3. The van der Waals surface area contributed by atoms with Gasteiger partial charge in [-0.2, -0.15) is 0 Å². The molecule has 0 aliphatic heterocycles. The van der Waals surface area contributed by atoms with Crippen LogP contribution in [0, 0.1) is 11.8 Å². The summed E-state index contributed by atoms with van der Waals surface area (Å²) >= 11 is 1.83. The van der Waals surface area contributed by atoms with Crippen LogP contribution in [0.15, 0.2) is 53.4 Å². The van der Waals surface area contributed by atoms with E-state index in [-0.39, 0.29) is 6.61 Å². The van der Waals surface area contributed by atoms with Crippen LogP contribution in [-0.2, 0) is 5.75 Å². The molecule has 0 fully saturated rings. The quantitative estimate of drug-likeness (QED) is 0.664. The maximum atomic E-state index is 8.73. The summed E-state index contributed by atoms with van der Waals surface area (Å²) in [6.45, 7) is 4.32. The van der Waals surface area contributed by atoms with Crippen molar-refractivity contribution in [2.24, 2.45) is 0 Å². The molecule has 0 aliphatic rings. The molecule has 0 aliphatic carbocycles. The van der Waals surface area contributed by atoms with Gasteiger partial charge in [0.1, 0.15) is 6.61 Å². The molecular formula is C19H20OS. The van der Waals surface area contributed by atoms with E-state index in [9.17, 15) is 0 Å². The molecule has 0 heterocycles. The molecular weight excluding hydrogens is 276 g/mol. The van der Waals surface area contributed by atoms with Gasteiger partial charge in [-0.05, 0) is 41.3 Å². The van der Waals surface area contributed by atoms with Crippen LogP contribution in [0.4, 0.5) is 0 Å². The second-order valence-corrected chi connectivity index (χ2v) is 6.22. The van der Waals surface area contributed by atoms with Crippen LogP contribution < -0.4 is 0 Å². The molecule has 0 spiro atoms. The van der Waals surface area contributed by atoms with Crippen molar-refractivity contribution in [1.29, 1.82) is 0 Å². The molecule has 108 valence electrons. The molecule has 0 saturated heterocycles. The van der Waals surface area contributed by atoms with Crippen molar-refractivity contribution in [2.75, 3.05) is 6.61 Å². The summed E-state index contributed by atoms with van der Waals surface area (Å²) in [5.74, 6) is 7.13. The Kier molecular flexibility index (Phi) is 5.92. The topological polar surface area (TPSA) is 20.2 Å². The van der Waals surface area contributed by atoms with E-state index < -0.39 is 0 Å². The molecule has 2 aromatic carbocycles. The Morgan fingerprint density at radius 3 is 2.52 bits per heavy atom. The van der Waals surface area contributed by atoms with E-state index in [1.54, 1.807) is 0 Å². The first-order chi connectivity index (χ1) is 10.2. The first kappa shape index (κ1) is 15.7. The highest BCUT2D eigenvalue weighted by atomic mass is 32.2. The van der Waals surface area contributed by atoms with E-state index in [1.807, 2.05) is 23.9 Å². The molecule has 21 heavy (non-hydrogen) atoms. The number of hydrogen-bond donors (Lipinski definition) is 1. The average molecular weight is 296 g/mol. The Balaban J connectivity index is 1.99. The van der Waals surface area contributed by atoms with Crippen LogP contribution in [0.5, 0.6) is 0 Å². The maximum absolute atomic E-state index is 8.73. The zero-order valence-corrected chi connectivity index (χ0v) is 13.3. The first-order valence-electron chi connectivity index (χ1n) is 7.10. The first-order valence-corrected chi connectivity index (χ1v) is 8.09. The van der Waals surface area contributed by atoms with E-state index in [2.05, 4.69) is 62.1 Å². The fraction of sp³-hybridized carbons (Fsp3) is 0.263. The highest BCUT2D eigenvalue weighted by Gasteiger charge is 2.00. The fourth-order valence-corrected chi connectivity index (χ4v) is 2.84. The van der Waals surface area contributed by atoms with E-state index in [4.69, 9.17) is 5.11 Å². The lowest BCUT2D eigenvalue weighted by Crippen LogP contribution is -1.87. The lowest BCUT2D eigenvalue weighted by molar-refractivity contribution is 0.350. The molecule has 0 atom stereocenters. The number of thioether (sulfide) groups is 1. The van der Waals surface area contributed by atoms with Crippen LogP contribution in [0.1, 0.15) is 36.5 Å². The molecule has 2 heteroatoms. The molecule has 0 bridgehead atoms. The number of aliphatic hydroxyl groups is 1. The zero-order chi connectivity index (χ0) is 15.1. The van der Waals surface area contributed by atoms with Gasteiger partial charge in [0.05, 0.1) is 0 Å². The smallest absolute Gasteiger partial charge is 0.104 e. The SMILES string of the molecule is CC(C)c1ccc(SCc2cccc(C#CCO)c2)cc1. The molecule has 0 radical (unpaired) electrons. The molecule has 0 amide bonds. The normalized spacial score (nSPS) is 10.3. The van der Waals surface area contributed by atoms with Crippen molar-refractivity contribution in [3.05, 3.63) is 65.2 Å². The highest BCUT2D eigenvalue weighted by Crippen LogP contribution is 2.25. The fourth-order valence-electron chi connectivity index (χ4n) is 2.00. The Morgan fingerprint density at radius 1 is 1.10 bits per heavy atom. The molecule has 1 N–H and O–H groups in total. The van der Waals surface area contributed by atoms with E-state index in [1.165, 1.54) is 16.0 Å². The van der Waals surface area contributed by atoms with Crippen molar-refractivity contribution >= 4 is 11.8 Å². The predicted molar refractivity (Wildman–Crippen MR) is 90.5 cm³/mol. The third-order valence-corrected chi connectivity index (χ3v) is 4.27. The molecule has 2 aromatic rings. The third-order valence-electron chi connectivity index (χ3n) is 3.19. The van der Waals surface area contributed by atoms with Gasteiger partial charge < -0.3 is 5.11 Å². The molecule has 2 rings (SSSR count). The van der Waals surface area contributed by atoms with Crippen molar-refractivity contribution in [1.82, 2.24) is 0 Å². The van der Waals surface area contributed by atoms with Gasteiger partial charge in [0.25, 0.3) is 0 Å². The monoisotopic (exact) mass is 296 g/mol. The van der Waals surface area contributed by atoms with Crippen molar-refractivity contribution in [2.45, 2.75) is 30.4 Å². The number of hydrogen-bond acceptors (Lipinski definition) is 2. The Bertz CT molecular complexity index is 633. The van der Waals surface area contributed by atoms with E-state index in [0.717, 1.165) is 11.3 Å². The summed E-state index contributed by atoms with van der Waals surface area (Å²) in [6, 6.07) is 17.0. The number of aliphatic hydroxyl groups excluding tert-OH is 1. The lowest BCUT2D eigenvalue weighted by Gasteiger charge is -2.07. The second-order valence-electron chi connectivity index (χ2n) is 5.17. The Hall–Kier alpha value is -1.69. The van der Waals surface area contributed by atoms with Crippen molar-refractivity contribution in [3.8, 4) is 11.8 Å². The number of benzene rings is 2. The highest BCUT2D eigenvalue weighted by molar-refractivity contribution is 7.98. The largest absolute Gasteiger partial charge is 0.384 e. The summed E-state index contributed by atoms with van der Waals surface area (Å²) in [5, 5.41) is 8.73. The second kappa shape index (κ2) is 7.93. The molecule has 1 nitrogen and oxygen atoms in total. The van der Waals surface area contributed by atoms with Gasteiger partial charge >= 0.3 is 0 Å². The Labute approximate surface area is 131 Å². The van der Waals surface area contributed by atoms with E-state index in [0.29, 0.717) is 5.92 Å². The van der Waals surface area contributed by atoms with Crippen LogP contribution >= 0.6 is 11.8 Å². The molecule has 0 aromatic heterocycles. The maximum Gasteiger partial charge on any atom is 0.104 e. The summed E-state index contributed by atoms with van der Waals surface area (Å²) < 4.78 is 0. The van der Waals surface area contributed by atoms with Crippen LogP contribution in [-0.4, -0.2) is 11.7 Å². The number of rotatable bonds is 4. The van der Waals surface area contributed by atoms with E-state index >= 15 is 0 Å². The van der Waals surface area contributed by atoms with Crippen LogP contribution in [0.2, 0.25) is 0 Å². The van der Waals surface area contributed by atoms with Gasteiger partial charge in [-0.3, -0.25) is 0 Å². The molecule has 0 unspecified atom stereocenters. The summed E-state index contributed by atoms with van der Waals surface area (Å²) in [5.41, 5.74) is 3.58. The Morgan fingerprint density at radius 2 is 1.86 bits per heavy atom. The van der Waals surface area contributed by atoms with Crippen molar-refractivity contribution in [3.63, 3.8) is 0 Å². The summed E-state index contributed by atoms with van der Waals surface area (Å²) in [4.78, 5) is 1.28. The third kappa shape index (κ3) is 4.97. The van der Waals surface area contributed by atoms with Gasteiger partial charge in [0.2, 0.25) is 0 Å². The summed E-state index contributed by atoms with van der Waals surface area (Å²) in [6.07, 6.45) is 0. The molecule has 0 saturated carbocycles. The van der Waals surface area contributed by atoms with Crippen molar-refractivity contribution < 1.29 is 5.11 Å². The lowest BCUT2D eigenvalue weighted by atomic mass is 10.0. The van der Waals surface area contributed by atoms with Gasteiger partial charge in [0, 0.05) is 16.2 Å². The van der Waals surface area contributed by atoms with Gasteiger partial charge in [-0.15, -0.1) is 11.8 Å². The van der Waals surface area contributed by atoms with Crippen LogP contribution in [0.25, 0.3) is 0 Å². The minimum Gasteiger partial charge on any atom is -0.384 e. The minimum absolute atomic E-state index is 0.0961. The minimum atomic E-state index is -0.0961. The van der Waals surface area contributed by atoms with Crippen LogP contribution in [0.3, 0.4) is 0 Å².